The molecule has 0 saturated heterocycles. The van der Waals surface area contributed by atoms with Gasteiger partial charge >= 0.3 is 0 Å². The smallest absolute Gasteiger partial charge is 0.0685 e. The van der Waals surface area contributed by atoms with Crippen LogP contribution in [-0.4, -0.2) is 27.2 Å². The Morgan fingerprint density at radius 3 is 2.04 bits per heavy atom. The van der Waals surface area contributed by atoms with Crippen molar-refractivity contribution >= 4 is 11.8 Å². The quantitative estimate of drug-likeness (QED) is 0.484. The molecule has 0 aliphatic carbocycles. The van der Waals surface area contributed by atoms with Crippen molar-refractivity contribution < 1.29 is 15.3 Å². The zero-order valence-electron chi connectivity index (χ0n) is 17.3. The van der Waals surface area contributed by atoms with Crippen molar-refractivity contribution in [2.45, 2.75) is 70.7 Å². The lowest BCUT2D eigenvalue weighted by Crippen LogP contribution is -2.17. The number of hydrogen-bond donors (Lipinski definition) is 3. The molecule has 0 saturated carbocycles. The Labute approximate surface area is 173 Å². The van der Waals surface area contributed by atoms with Crippen LogP contribution in [0.2, 0.25) is 0 Å². The summed E-state index contributed by atoms with van der Waals surface area (Å²) < 4.78 is 0. The number of aliphatic hydroxyl groups excluding tert-OH is 3. The third kappa shape index (κ3) is 6.63. The van der Waals surface area contributed by atoms with E-state index in [1.807, 2.05) is 18.2 Å². The molecule has 0 aliphatic rings. The predicted octanol–water partition coefficient (Wildman–Crippen LogP) is 4.52. The van der Waals surface area contributed by atoms with Crippen molar-refractivity contribution in [3.8, 4) is 0 Å². The lowest BCUT2D eigenvalue weighted by molar-refractivity contribution is 0.149. The highest BCUT2D eigenvalue weighted by Crippen LogP contribution is 2.27. The van der Waals surface area contributed by atoms with E-state index >= 15 is 0 Å². The second-order valence-electron chi connectivity index (χ2n) is 7.69. The molecule has 2 aromatic carbocycles. The molecule has 3 nitrogen and oxygen atoms in total. The third-order valence-corrected chi connectivity index (χ3v) is 6.44. The minimum absolute atomic E-state index is 0.0332. The maximum Gasteiger partial charge on any atom is 0.0685 e. The summed E-state index contributed by atoms with van der Waals surface area (Å²) in [6, 6.07) is 12.7. The van der Waals surface area contributed by atoms with Gasteiger partial charge in [-0.1, -0.05) is 51.1 Å². The van der Waals surface area contributed by atoms with Crippen molar-refractivity contribution in [2.75, 3.05) is 5.75 Å². The van der Waals surface area contributed by atoms with E-state index in [0.29, 0.717) is 0 Å². The maximum atomic E-state index is 10.1. The summed E-state index contributed by atoms with van der Waals surface area (Å²) >= 11 is 1.75. The van der Waals surface area contributed by atoms with Gasteiger partial charge in [0.25, 0.3) is 0 Å². The van der Waals surface area contributed by atoms with Gasteiger partial charge in [0.2, 0.25) is 0 Å². The van der Waals surface area contributed by atoms with Gasteiger partial charge in [-0.3, -0.25) is 0 Å². The lowest BCUT2D eigenvalue weighted by Gasteiger charge is -2.16. The first-order chi connectivity index (χ1) is 13.5. The molecular weight excluding hydrogens is 368 g/mol. The van der Waals surface area contributed by atoms with Crippen LogP contribution in [0.3, 0.4) is 0 Å². The fraction of sp³-hybridized carbons (Fsp3) is 0.500. The van der Waals surface area contributed by atoms with Crippen LogP contribution in [0.15, 0.2) is 41.3 Å². The SMILES string of the molecule is CCc1cc(CCCc2ccc(CO)c(CO)c2)ccc1SCC(O)C(C)C. The van der Waals surface area contributed by atoms with Gasteiger partial charge in [0.1, 0.15) is 0 Å². The van der Waals surface area contributed by atoms with Gasteiger partial charge in [-0.15, -0.1) is 11.8 Å². The lowest BCUT2D eigenvalue weighted by atomic mass is 9.99. The maximum absolute atomic E-state index is 10.1. The van der Waals surface area contributed by atoms with Crippen molar-refractivity contribution in [1.82, 2.24) is 0 Å². The number of benzene rings is 2. The van der Waals surface area contributed by atoms with Gasteiger partial charge in [0.05, 0.1) is 19.3 Å². The Kier molecular flexibility index (Phi) is 9.52. The number of rotatable bonds is 11. The largest absolute Gasteiger partial charge is 0.392 e. The Bertz CT molecular complexity index is 743. The van der Waals surface area contributed by atoms with E-state index in [0.717, 1.165) is 42.6 Å². The highest BCUT2D eigenvalue weighted by molar-refractivity contribution is 7.99. The predicted molar refractivity (Wildman–Crippen MR) is 118 cm³/mol. The summed E-state index contributed by atoms with van der Waals surface area (Å²) in [5, 5.41) is 28.8. The summed E-state index contributed by atoms with van der Waals surface area (Å²) in [5.74, 6) is 1.02. The molecule has 0 amide bonds. The summed E-state index contributed by atoms with van der Waals surface area (Å²) in [7, 11) is 0. The number of aryl methyl sites for hydroxylation is 3. The molecule has 3 N–H and O–H groups in total. The summed E-state index contributed by atoms with van der Waals surface area (Å²) in [4.78, 5) is 1.28. The van der Waals surface area contributed by atoms with E-state index in [4.69, 9.17) is 0 Å². The molecule has 0 heterocycles. The van der Waals surface area contributed by atoms with Crippen molar-refractivity contribution in [1.29, 1.82) is 0 Å². The molecule has 0 bridgehead atoms. The average molecular weight is 403 g/mol. The molecule has 0 fully saturated rings. The van der Waals surface area contributed by atoms with Crippen LogP contribution in [0.25, 0.3) is 0 Å². The van der Waals surface area contributed by atoms with E-state index in [2.05, 4.69) is 39.0 Å². The number of hydrogen-bond acceptors (Lipinski definition) is 4. The standard InChI is InChI=1S/C24H34O3S/c1-4-20-12-19(9-11-24(20)28-16-23(27)17(2)3)7-5-6-18-8-10-21(14-25)22(13-18)15-26/h8-13,17,23,25-27H,4-7,14-16H2,1-3H3. The van der Waals surface area contributed by atoms with E-state index in [1.165, 1.54) is 21.6 Å². The number of thioether (sulfide) groups is 1. The molecule has 0 aromatic heterocycles. The van der Waals surface area contributed by atoms with Crippen LogP contribution < -0.4 is 0 Å². The second-order valence-corrected chi connectivity index (χ2v) is 8.75. The van der Waals surface area contributed by atoms with Crippen LogP contribution >= 0.6 is 11.8 Å². The minimum atomic E-state index is -0.268. The van der Waals surface area contributed by atoms with Gasteiger partial charge in [-0.25, -0.2) is 0 Å². The topological polar surface area (TPSA) is 60.7 Å². The van der Waals surface area contributed by atoms with Gasteiger partial charge in [0.15, 0.2) is 0 Å². The molecule has 0 aliphatic heterocycles. The molecule has 0 radical (unpaired) electrons. The first kappa shape index (κ1) is 23.0. The van der Waals surface area contributed by atoms with Gasteiger partial charge in [-0.05, 0) is 65.5 Å². The van der Waals surface area contributed by atoms with E-state index < -0.39 is 0 Å². The molecule has 28 heavy (non-hydrogen) atoms. The molecule has 2 aromatic rings. The molecule has 154 valence electrons. The molecule has 2 rings (SSSR count). The Morgan fingerprint density at radius 1 is 0.857 bits per heavy atom. The third-order valence-electron chi connectivity index (χ3n) is 5.23. The van der Waals surface area contributed by atoms with Crippen molar-refractivity contribution in [2.24, 2.45) is 5.92 Å². The molecular formula is C24H34O3S. The minimum Gasteiger partial charge on any atom is -0.392 e. The fourth-order valence-corrected chi connectivity index (χ4v) is 4.49. The van der Waals surface area contributed by atoms with Crippen molar-refractivity contribution in [3.63, 3.8) is 0 Å². The summed E-state index contributed by atoms with van der Waals surface area (Å²) in [6.45, 7) is 6.22. The molecule has 1 unspecified atom stereocenters. The van der Waals surface area contributed by atoms with E-state index in [-0.39, 0.29) is 25.2 Å². The van der Waals surface area contributed by atoms with Crippen molar-refractivity contribution in [3.05, 3.63) is 64.2 Å². The summed E-state index contributed by atoms with van der Waals surface area (Å²) in [6.07, 6.45) is 3.75. The molecule has 1 atom stereocenters. The monoisotopic (exact) mass is 402 g/mol. The van der Waals surface area contributed by atoms with Gasteiger partial charge in [-0.2, -0.15) is 0 Å². The highest BCUT2D eigenvalue weighted by atomic mass is 32.2. The van der Waals surface area contributed by atoms with E-state index in [9.17, 15) is 15.3 Å². The number of aliphatic hydroxyl groups is 3. The van der Waals surface area contributed by atoms with Crippen LogP contribution in [0, 0.1) is 5.92 Å². The average Bonchev–Trinajstić information content (AvgIpc) is 2.71. The van der Waals surface area contributed by atoms with Crippen LogP contribution in [0.5, 0.6) is 0 Å². The Hall–Kier alpha value is -1.33. The Morgan fingerprint density at radius 2 is 1.46 bits per heavy atom. The fourth-order valence-electron chi connectivity index (χ4n) is 3.21. The first-order valence-electron chi connectivity index (χ1n) is 10.2. The Balaban J connectivity index is 1.94. The van der Waals surface area contributed by atoms with Crippen LogP contribution in [0.1, 0.15) is 55.0 Å². The molecule has 0 spiro atoms. The first-order valence-corrected chi connectivity index (χ1v) is 11.2. The van der Waals surface area contributed by atoms with Crippen LogP contribution in [-0.2, 0) is 32.5 Å². The van der Waals surface area contributed by atoms with Gasteiger partial charge < -0.3 is 15.3 Å². The van der Waals surface area contributed by atoms with Crippen LogP contribution in [0.4, 0.5) is 0 Å². The highest BCUT2D eigenvalue weighted by Gasteiger charge is 2.11. The van der Waals surface area contributed by atoms with E-state index in [1.54, 1.807) is 11.8 Å². The zero-order valence-corrected chi connectivity index (χ0v) is 18.1. The second kappa shape index (κ2) is 11.6. The van der Waals surface area contributed by atoms with Gasteiger partial charge in [0, 0.05) is 10.6 Å². The normalized spacial score (nSPS) is 12.5. The summed E-state index contributed by atoms with van der Waals surface area (Å²) in [5.41, 5.74) is 5.52. The molecule has 4 heteroatoms. The zero-order chi connectivity index (χ0) is 20.5.